The molecule has 0 rings (SSSR count). The summed E-state index contributed by atoms with van der Waals surface area (Å²) >= 11 is 0. The highest BCUT2D eigenvalue weighted by molar-refractivity contribution is 5.75. The molecule has 0 radical (unpaired) electrons. The van der Waals surface area contributed by atoms with Crippen LogP contribution in [0, 0.1) is 0 Å². The third-order valence-corrected chi connectivity index (χ3v) is 3.07. The van der Waals surface area contributed by atoms with E-state index in [9.17, 15) is 19.2 Å². The van der Waals surface area contributed by atoms with Gasteiger partial charge in [0.05, 0.1) is 19.6 Å². The van der Waals surface area contributed by atoms with Crippen molar-refractivity contribution in [3.05, 3.63) is 0 Å². The minimum atomic E-state index is -1.15. The predicted molar refractivity (Wildman–Crippen MR) is 84.0 cm³/mol. The number of rotatable bonds is 15. The summed E-state index contributed by atoms with van der Waals surface area (Å²) in [5, 5.41) is 29.5. The molecule has 0 amide bonds. The lowest BCUT2D eigenvalue weighted by Crippen LogP contribution is -2.43. The molecule has 0 spiro atoms. The lowest BCUT2D eigenvalue weighted by Gasteiger charge is -2.24. The van der Waals surface area contributed by atoms with Crippen LogP contribution in [0.4, 0.5) is 0 Å². The predicted octanol–water partition coefficient (Wildman–Crippen LogP) is -1.59. The molecule has 0 atom stereocenters. The lowest BCUT2D eigenvalue weighted by molar-refractivity contribution is -0.143. The zero-order chi connectivity index (χ0) is 18.5. The number of carbonyl (C=O) groups is 4. The largest absolute Gasteiger partial charge is 0.480 e. The number of carboxylic acid groups (broad SMARTS) is 3. The lowest BCUT2D eigenvalue weighted by atomic mass is 10.3. The second-order valence-electron chi connectivity index (χ2n) is 5.37. The molecule has 0 aromatic rings. The molecule has 0 aliphatic carbocycles. The van der Waals surface area contributed by atoms with E-state index in [2.05, 4.69) is 5.32 Å². The normalized spacial score (nSPS) is 11.0. The van der Waals surface area contributed by atoms with Crippen molar-refractivity contribution >= 4 is 23.7 Å². The number of nitrogens with zero attached hydrogens (tertiary/aromatic N) is 2. The fourth-order valence-corrected chi connectivity index (χ4v) is 1.97. The van der Waals surface area contributed by atoms with Gasteiger partial charge < -0.3 is 20.6 Å². The van der Waals surface area contributed by atoms with Gasteiger partial charge in [-0.25, -0.2) is 0 Å². The molecule has 0 fully saturated rings. The van der Waals surface area contributed by atoms with Crippen molar-refractivity contribution in [3.63, 3.8) is 0 Å². The van der Waals surface area contributed by atoms with Crippen molar-refractivity contribution in [2.45, 2.75) is 13.3 Å². The number of Topliss-reactive ketones (excluding diaryl/α,β-unsaturated/α-hetero) is 1. The van der Waals surface area contributed by atoms with E-state index in [0.717, 1.165) is 0 Å². The monoisotopic (exact) mass is 347 g/mol. The van der Waals surface area contributed by atoms with E-state index in [1.807, 2.05) is 0 Å². The summed E-state index contributed by atoms with van der Waals surface area (Å²) in [6.07, 6.45) is 0.393. The van der Waals surface area contributed by atoms with E-state index in [1.54, 1.807) is 4.90 Å². The van der Waals surface area contributed by atoms with Crippen molar-refractivity contribution in [1.82, 2.24) is 15.1 Å². The Morgan fingerprint density at radius 2 is 1.21 bits per heavy atom. The van der Waals surface area contributed by atoms with Gasteiger partial charge in [-0.2, -0.15) is 0 Å². The molecule has 0 aromatic heterocycles. The van der Waals surface area contributed by atoms with E-state index in [1.165, 1.54) is 11.8 Å². The minimum absolute atomic E-state index is 0.0582. The second kappa shape index (κ2) is 12.4. The Kier molecular flexibility index (Phi) is 11.3. The molecule has 24 heavy (non-hydrogen) atoms. The van der Waals surface area contributed by atoms with E-state index >= 15 is 0 Å². The Hall–Kier alpha value is -2.04. The van der Waals surface area contributed by atoms with Gasteiger partial charge in [-0.05, 0) is 6.92 Å². The van der Waals surface area contributed by atoms with Crippen molar-refractivity contribution in [1.29, 1.82) is 0 Å². The number of carboxylic acids is 3. The molecule has 0 bridgehead atoms. The molecule has 0 saturated heterocycles. The highest BCUT2D eigenvalue weighted by Gasteiger charge is 2.16. The van der Waals surface area contributed by atoms with Gasteiger partial charge in [-0.1, -0.05) is 0 Å². The molecule has 10 nitrogen and oxygen atoms in total. The zero-order valence-electron chi connectivity index (χ0n) is 13.7. The van der Waals surface area contributed by atoms with Crippen LogP contribution in [0.3, 0.4) is 0 Å². The molecule has 0 aliphatic rings. The summed E-state index contributed by atoms with van der Waals surface area (Å²) in [6.45, 7) is 2.10. The summed E-state index contributed by atoms with van der Waals surface area (Å²) in [5.74, 6) is -3.26. The second-order valence-corrected chi connectivity index (χ2v) is 5.37. The average molecular weight is 347 g/mol. The third kappa shape index (κ3) is 13.6. The van der Waals surface area contributed by atoms with Crippen LogP contribution in [0.1, 0.15) is 13.3 Å². The van der Waals surface area contributed by atoms with Gasteiger partial charge in [0.25, 0.3) is 0 Å². The number of hydrogen-bond donors (Lipinski definition) is 4. The standard InChI is InChI=1S/C14H25N3O7/c1-11(18)2-3-15-4-5-16(8-12(19)20)6-7-17(9-13(21)22)10-14(23)24/h15H,2-10H2,1H3,(H,19,20)(H,21,22)(H,23,24). The van der Waals surface area contributed by atoms with Crippen LogP contribution in [0.5, 0.6) is 0 Å². The highest BCUT2D eigenvalue weighted by Crippen LogP contribution is 1.94. The maximum atomic E-state index is 10.9. The van der Waals surface area contributed by atoms with Crippen LogP contribution in [0.25, 0.3) is 0 Å². The van der Waals surface area contributed by atoms with Crippen molar-refractivity contribution < 1.29 is 34.5 Å². The summed E-state index contributed by atoms with van der Waals surface area (Å²) in [5.41, 5.74) is 0. The molecule has 0 aliphatic heterocycles. The molecular formula is C14H25N3O7. The summed E-state index contributed by atoms with van der Waals surface area (Å²) in [7, 11) is 0. The zero-order valence-corrected chi connectivity index (χ0v) is 13.7. The number of hydrogen-bond acceptors (Lipinski definition) is 7. The van der Waals surface area contributed by atoms with Gasteiger partial charge in [0, 0.05) is 39.1 Å². The SMILES string of the molecule is CC(=O)CCNCCN(CCN(CC(=O)O)CC(=O)O)CC(=O)O. The van der Waals surface area contributed by atoms with E-state index in [4.69, 9.17) is 15.3 Å². The van der Waals surface area contributed by atoms with Gasteiger partial charge in [0.2, 0.25) is 0 Å². The van der Waals surface area contributed by atoms with Gasteiger partial charge >= 0.3 is 17.9 Å². The van der Waals surface area contributed by atoms with Crippen molar-refractivity contribution in [2.75, 3.05) is 52.4 Å². The first-order valence-electron chi connectivity index (χ1n) is 7.51. The fourth-order valence-electron chi connectivity index (χ4n) is 1.97. The first-order valence-corrected chi connectivity index (χ1v) is 7.51. The van der Waals surface area contributed by atoms with Crippen LogP contribution < -0.4 is 5.32 Å². The Bertz CT molecular complexity index is 426. The molecule has 10 heteroatoms. The topological polar surface area (TPSA) is 147 Å². The van der Waals surface area contributed by atoms with Crippen LogP contribution in [0.2, 0.25) is 0 Å². The van der Waals surface area contributed by atoms with Crippen LogP contribution in [-0.2, 0) is 19.2 Å². The Labute approximate surface area is 140 Å². The first kappa shape index (κ1) is 22.0. The number of carbonyl (C=O) groups excluding carboxylic acids is 1. The van der Waals surface area contributed by atoms with Gasteiger partial charge in [0.1, 0.15) is 5.78 Å². The molecule has 0 saturated carbocycles. The average Bonchev–Trinajstić information content (AvgIpc) is 2.41. The summed E-state index contributed by atoms with van der Waals surface area (Å²) < 4.78 is 0. The summed E-state index contributed by atoms with van der Waals surface area (Å²) in [4.78, 5) is 46.0. The molecule has 0 unspecified atom stereocenters. The Morgan fingerprint density at radius 1 is 0.750 bits per heavy atom. The number of aliphatic carboxylic acids is 3. The van der Waals surface area contributed by atoms with Crippen LogP contribution in [0.15, 0.2) is 0 Å². The number of nitrogens with one attached hydrogen (secondary N) is 1. The van der Waals surface area contributed by atoms with Crippen molar-refractivity contribution in [3.8, 4) is 0 Å². The van der Waals surface area contributed by atoms with Gasteiger partial charge in [0.15, 0.2) is 0 Å². The molecule has 138 valence electrons. The van der Waals surface area contributed by atoms with Gasteiger partial charge in [-0.3, -0.25) is 29.0 Å². The molecule has 4 N–H and O–H groups in total. The van der Waals surface area contributed by atoms with Crippen LogP contribution >= 0.6 is 0 Å². The van der Waals surface area contributed by atoms with E-state index in [0.29, 0.717) is 26.1 Å². The molecule has 0 aromatic carbocycles. The molecule has 0 heterocycles. The Balaban J connectivity index is 4.36. The smallest absolute Gasteiger partial charge is 0.317 e. The third-order valence-electron chi connectivity index (χ3n) is 3.07. The van der Waals surface area contributed by atoms with Gasteiger partial charge in [-0.15, -0.1) is 0 Å². The van der Waals surface area contributed by atoms with E-state index in [-0.39, 0.29) is 25.4 Å². The maximum Gasteiger partial charge on any atom is 0.317 e. The highest BCUT2D eigenvalue weighted by atomic mass is 16.4. The van der Waals surface area contributed by atoms with Crippen molar-refractivity contribution in [2.24, 2.45) is 0 Å². The quantitative estimate of drug-likeness (QED) is 0.256. The molecular weight excluding hydrogens is 322 g/mol. The van der Waals surface area contributed by atoms with E-state index < -0.39 is 31.0 Å². The summed E-state index contributed by atoms with van der Waals surface area (Å²) in [6, 6.07) is 0. The minimum Gasteiger partial charge on any atom is -0.480 e. The Morgan fingerprint density at radius 3 is 1.67 bits per heavy atom. The maximum absolute atomic E-state index is 10.9. The number of ketones is 1. The fraction of sp³-hybridized carbons (Fsp3) is 0.714. The first-order chi connectivity index (χ1) is 11.2. The van der Waals surface area contributed by atoms with Crippen LogP contribution in [-0.4, -0.2) is 101 Å².